The molecule has 0 aliphatic carbocycles. The minimum atomic E-state index is -0.572. The van der Waals surface area contributed by atoms with Gasteiger partial charge in [0, 0.05) is 6.54 Å². The molecule has 100 valence electrons. The van der Waals surface area contributed by atoms with Gasteiger partial charge in [-0.1, -0.05) is 0 Å². The van der Waals surface area contributed by atoms with Crippen LogP contribution in [0.2, 0.25) is 0 Å². The Kier molecular flexibility index (Phi) is 5.09. The van der Waals surface area contributed by atoms with Crippen molar-refractivity contribution in [3.8, 4) is 0 Å². The van der Waals surface area contributed by atoms with E-state index < -0.39 is 11.6 Å². The van der Waals surface area contributed by atoms with Crippen LogP contribution in [0.3, 0.4) is 0 Å². The molecule has 1 atom stereocenters. The summed E-state index contributed by atoms with van der Waals surface area (Å²) in [4.78, 5) is 0. The summed E-state index contributed by atoms with van der Waals surface area (Å²) in [5.41, 5.74) is -0.00635. The van der Waals surface area contributed by atoms with Gasteiger partial charge in [-0.15, -0.1) is 0 Å². The molecular weight excluding hydrogens is 304 g/mol. The fourth-order valence-electron chi connectivity index (χ4n) is 2.10. The second-order valence-electron chi connectivity index (χ2n) is 4.55. The molecule has 0 bridgehead atoms. The van der Waals surface area contributed by atoms with Crippen LogP contribution in [0.25, 0.3) is 0 Å². The number of benzene rings is 1. The number of piperidine rings is 1. The van der Waals surface area contributed by atoms with E-state index in [1.54, 1.807) is 0 Å². The van der Waals surface area contributed by atoms with Crippen molar-refractivity contribution in [3.63, 3.8) is 0 Å². The Labute approximate surface area is 114 Å². The molecule has 1 aliphatic rings. The molecule has 0 saturated carbocycles. The van der Waals surface area contributed by atoms with Crippen molar-refractivity contribution in [2.24, 2.45) is 5.92 Å². The highest BCUT2D eigenvalue weighted by Gasteiger charge is 2.15. The lowest BCUT2D eigenvalue weighted by atomic mass is 10.0. The molecule has 1 aromatic carbocycles. The lowest BCUT2D eigenvalue weighted by molar-refractivity contribution is 0.0747. The molecular formula is C13H16BrF2NO. The summed E-state index contributed by atoms with van der Waals surface area (Å²) in [6.07, 6.45) is 2.24. The van der Waals surface area contributed by atoms with Crippen molar-refractivity contribution in [3.05, 3.63) is 33.8 Å². The summed E-state index contributed by atoms with van der Waals surface area (Å²) < 4.78 is 32.8. The number of halogens is 3. The molecule has 0 radical (unpaired) electrons. The van der Waals surface area contributed by atoms with Crippen molar-refractivity contribution in [1.29, 1.82) is 0 Å². The Bertz CT molecular complexity index is 408. The zero-order valence-electron chi connectivity index (χ0n) is 10.0. The van der Waals surface area contributed by atoms with Gasteiger partial charge in [0.1, 0.15) is 11.6 Å². The minimum Gasteiger partial charge on any atom is -0.376 e. The van der Waals surface area contributed by atoms with Crippen LogP contribution in [0.15, 0.2) is 16.6 Å². The third-order valence-electron chi connectivity index (χ3n) is 3.14. The van der Waals surface area contributed by atoms with Crippen LogP contribution in [-0.2, 0) is 11.3 Å². The Morgan fingerprint density at radius 1 is 1.39 bits per heavy atom. The molecule has 1 aromatic rings. The van der Waals surface area contributed by atoms with Crippen LogP contribution in [0.4, 0.5) is 8.78 Å². The largest absolute Gasteiger partial charge is 0.376 e. The minimum absolute atomic E-state index is 0.00635. The smallest absolute Gasteiger partial charge is 0.145 e. The monoisotopic (exact) mass is 319 g/mol. The molecule has 1 N–H and O–H groups in total. The van der Waals surface area contributed by atoms with E-state index in [0.717, 1.165) is 25.9 Å². The Balaban J connectivity index is 1.88. The molecule has 0 aromatic heterocycles. The van der Waals surface area contributed by atoms with Crippen molar-refractivity contribution in [2.45, 2.75) is 19.4 Å². The number of ether oxygens (including phenoxy) is 1. The van der Waals surface area contributed by atoms with Crippen LogP contribution in [0, 0.1) is 17.6 Å². The highest BCUT2D eigenvalue weighted by molar-refractivity contribution is 9.10. The maximum Gasteiger partial charge on any atom is 0.145 e. The van der Waals surface area contributed by atoms with Crippen LogP contribution in [0.5, 0.6) is 0 Å². The summed E-state index contributed by atoms with van der Waals surface area (Å²) >= 11 is 3.04. The van der Waals surface area contributed by atoms with Crippen molar-refractivity contribution < 1.29 is 13.5 Å². The summed E-state index contributed by atoms with van der Waals surface area (Å²) in [6.45, 7) is 2.49. The molecule has 1 unspecified atom stereocenters. The predicted octanol–water partition coefficient (Wildman–Crippen LogP) is 3.24. The molecule has 1 fully saturated rings. The number of rotatable bonds is 4. The molecule has 1 aliphatic heterocycles. The molecule has 5 heteroatoms. The van der Waals surface area contributed by atoms with E-state index in [-0.39, 0.29) is 16.6 Å². The third-order valence-corrected chi connectivity index (χ3v) is 3.75. The van der Waals surface area contributed by atoms with Gasteiger partial charge in [0.05, 0.1) is 23.2 Å². The van der Waals surface area contributed by atoms with E-state index in [4.69, 9.17) is 4.74 Å². The number of hydrogen-bond donors (Lipinski definition) is 1. The maximum atomic E-state index is 13.6. The third kappa shape index (κ3) is 3.49. The quantitative estimate of drug-likeness (QED) is 0.860. The number of hydrogen-bond acceptors (Lipinski definition) is 2. The van der Waals surface area contributed by atoms with Gasteiger partial charge in [0.25, 0.3) is 0 Å². The van der Waals surface area contributed by atoms with Crippen LogP contribution < -0.4 is 5.32 Å². The second-order valence-corrected chi connectivity index (χ2v) is 5.40. The van der Waals surface area contributed by atoms with Crippen LogP contribution >= 0.6 is 15.9 Å². The topological polar surface area (TPSA) is 21.3 Å². The van der Waals surface area contributed by atoms with Gasteiger partial charge in [0.2, 0.25) is 0 Å². The van der Waals surface area contributed by atoms with E-state index >= 15 is 0 Å². The van der Waals surface area contributed by atoms with Crippen molar-refractivity contribution >= 4 is 15.9 Å². The SMILES string of the molecule is Fc1ccc(Br)c(F)c1COCC1CCCNC1. The standard InChI is InChI=1S/C13H16BrF2NO/c14-11-3-4-12(15)10(13(11)16)8-18-7-9-2-1-5-17-6-9/h3-4,9,17H,1-2,5-8H2. The van der Waals surface area contributed by atoms with Gasteiger partial charge in [0.15, 0.2) is 0 Å². The molecule has 18 heavy (non-hydrogen) atoms. The molecule has 0 spiro atoms. The summed E-state index contributed by atoms with van der Waals surface area (Å²) in [5.74, 6) is -0.689. The van der Waals surface area contributed by atoms with E-state index in [1.807, 2.05) is 0 Å². The average Bonchev–Trinajstić information content (AvgIpc) is 2.39. The molecule has 0 amide bonds. The first-order chi connectivity index (χ1) is 8.68. The molecule has 1 saturated heterocycles. The van der Waals surface area contributed by atoms with Crippen molar-refractivity contribution in [1.82, 2.24) is 5.32 Å². The van der Waals surface area contributed by atoms with Crippen LogP contribution in [0.1, 0.15) is 18.4 Å². The normalized spacial score (nSPS) is 20.1. The fraction of sp³-hybridized carbons (Fsp3) is 0.538. The summed E-state index contributed by atoms with van der Waals surface area (Å²) in [6, 6.07) is 2.60. The molecule has 2 nitrogen and oxygen atoms in total. The predicted molar refractivity (Wildman–Crippen MR) is 69.3 cm³/mol. The van der Waals surface area contributed by atoms with Crippen molar-refractivity contribution in [2.75, 3.05) is 19.7 Å². The lowest BCUT2D eigenvalue weighted by Gasteiger charge is -2.22. The highest BCUT2D eigenvalue weighted by atomic mass is 79.9. The van der Waals surface area contributed by atoms with E-state index in [9.17, 15) is 8.78 Å². The molecule has 2 rings (SSSR count). The first kappa shape index (κ1) is 13.9. The van der Waals surface area contributed by atoms with E-state index in [1.165, 1.54) is 12.1 Å². The van der Waals surface area contributed by atoms with E-state index in [2.05, 4.69) is 21.2 Å². The van der Waals surface area contributed by atoms with Gasteiger partial charge >= 0.3 is 0 Å². The van der Waals surface area contributed by atoms with Gasteiger partial charge in [-0.25, -0.2) is 8.78 Å². The van der Waals surface area contributed by atoms with Gasteiger partial charge in [-0.05, 0) is 53.4 Å². The summed E-state index contributed by atoms with van der Waals surface area (Å²) in [5, 5.41) is 3.28. The Morgan fingerprint density at radius 2 is 2.22 bits per heavy atom. The zero-order valence-corrected chi connectivity index (χ0v) is 11.6. The van der Waals surface area contributed by atoms with E-state index in [0.29, 0.717) is 12.5 Å². The van der Waals surface area contributed by atoms with Gasteiger partial charge < -0.3 is 10.1 Å². The average molecular weight is 320 g/mol. The first-order valence-corrected chi connectivity index (χ1v) is 6.88. The first-order valence-electron chi connectivity index (χ1n) is 6.09. The van der Waals surface area contributed by atoms with Gasteiger partial charge in [-0.2, -0.15) is 0 Å². The van der Waals surface area contributed by atoms with Crippen LogP contribution in [-0.4, -0.2) is 19.7 Å². The fourth-order valence-corrected chi connectivity index (χ4v) is 2.47. The second kappa shape index (κ2) is 6.59. The molecule has 1 heterocycles. The lowest BCUT2D eigenvalue weighted by Crippen LogP contribution is -2.32. The summed E-state index contributed by atoms with van der Waals surface area (Å²) in [7, 11) is 0. The highest BCUT2D eigenvalue weighted by Crippen LogP contribution is 2.22. The number of nitrogens with one attached hydrogen (secondary N) is 1. The maximum absolute atomic E-state index is 13.6. The Morgan fingerprint density at radius 3 is 2.94 bits per heavy atom. The van der Waals surface area contributed by atoms with Gasteiger partial charge in [-0.3, -0.25) is 0 Å². The zero-order chi connectivity index (χ0) is 13.0. The Hall–Kier alpha value is -0.520.